The minimum Gasteiger partial charge on any atom is -0.505 e. The number of hydrogen-bond acceptors (Lipinski definition) is 2. The number of nitrogens with two attached hydrogens (primary N) is 1. The Kier molecular flexibility index (Phi) is 2.80. The van der Waals surface area contributed by atoms with Crippen molar-refractivity contribution < 1.29 is 13.9 Å². The highest BCUT2D eigenvalue weighted by Crippen LogP contribution is 2.49. The SMILES string of the molecule is NCC1(c2c(O)c(F)cc(Cl)c2F)CCC1. The molecule has 5 heteroatoms. The summed E-state index contributed by atoms with van der Waals surface area (Å²) in [6, 6.07) is 0.776. The summed E-state index contributed by atoms with van der Waals surface area (Å²) >= 11 is 5.57. The van der Waals surface area contributed by atoms with Crippen molar-refractivity contribution >= 4 is 11.6 Å². The summed E-state index contributed by atoms with van der Waals surface area (Å²) in [7, 11) is 0. The van der Waals surface area contributed by atoms with E-state index in [4.69, 9.17) is 17.3 Å². The van der Waals surface area contributed by atoms with E-state index in [-0.39, 0.29) is 17.1 Å². The van der Waals surface area contributed by atoms with Crippen molar-refractivity contribution in [2.24, 2.45) is 5.73 Å². The molecule has 2 nitrogen and oxygen atoms in total. The molecule has 0 amide bonds. The lowest BCUT2D eigenvalue weighted by atomic mass is 9.64. The first-order valence-corrected chi connectivity index (χ1v) is 5.46. The molecule has 0 spiro atoms. The molecule has 1 aromatic rings. The molecule has 0 aromatic heterocycles. The summed E-state index contributed by atoms with van der Waals surface area (Å²) in [4.78, 5) is 0. The van der Waals surface area contributed by atoms with Crippen LogP contribution in [-0.4, -0.2) is 11.7 Å². The Labute approximate surface area is 97.0 Å². The number of aromatic hydroxyl groups is 1. The molecule has 1 fully saturated rings. The van der Waals surface area contributed by atoms with Crippen molar-refractivity contribution in [3.63, 3.8) is 0 Å². The van der Waals surface area contributed by atoms with Crippen LogP contribution >= 0.6 is 11.6 Å². The molecule has 0 radical (unpaired) electrons. The zero-order valence-electron chi connectivity index (χ0n) is 8.56. The van der Waals surface area contributed by atoms with Gasteiger partial charge >= 0.3 is 0 Å². The third-order valence-electron chi connectivity index (χ3n) is 3.38. The van der Waals surface area contributed by atoms with Gasteiger partial charge in [-0.25, -0.2) is 8.78 Å². The van der Waals surface area contributed by atoms with Crippen LogP contribution in [0, 0.1) is 11.6 Å². The number of hydrogen-bond donors (Lipinski definition) is 2. The van der Waals surface area contributed by atoms with Crippen LogP contribution in [0.3, 0.4) is 0 Å². The quantitative estimate of drug-likeness (QED) is 0.790. The summed E-state index contributed by atoms with van der Waals surface area (Å²) < 4.78 is 27.1. The van der Waals surface area contributed by atoms with Gasteiger partial charge in [-0.1, -0.05) is 18.0 Å². The molecule has 0 heterocycles. The van der Waals surface area contributed by atoms with Crippen LogP contribution in [0.1, 0.15) is 24.8 Å². The van der Waals surface area contributed by atoms with Gasteiger partial charge in [0.05, 0.1) is 5.02 Å². The zero-order valence-corrected chi connectivity index (χ0v) is 9.32. The fraction of sp³-hybridized carbons (Fsp3) is 0.455. The lowest BCUT2D eigenvalue weighted by molar-refractivity contribution is 0.233. The minimum absolute atomic E-state index is 0.0637. The summed E-state index contributed by atoms with van der Waals surface area (Å²) in [6.45, 7) is 0.178. The van der Waals surface area contributed by atoms with Gasteiger partial charge in [-0.05, 0) is 18.9 Å². The van der Waals surface area contributed by atoms with E-state index in [1.54, 1.807) is 0 Å². The second-order valence-electron chi connectivity index (χ2n) is 4.22. The van der Waals surface area contributed by atoms with Gasteiger partial charge in [0.25, 0.3) is 0 Å². The molecule has 1 saturated carbocycles. The van der Waals surface area contributed by atoms with Gasteiger partial charge in [0.1, 0.15) is 5.82 Å². The predicted octanol–water partition coefficient (Wildman–Crippen LogP) is 2.70. The lowest BCUT2D eigenvalue weighted by Crippen LogP contribution is -2.42. The van der Waals surface area contributed by atoms with E-state index in [9.17, 15) is 13.9 Å². The van der Waals surface area contributed by atoms with Crippen molar-refractivity contribution in [2.75, 3.05) is 6.54 Å². The molecular formula is C11H12ClF2NO. The Morgan fingerprint density at radius 2 is 2.06 bits per heavy atom. The van der Waals surface area contributed by atoms with Gasteiger partial charge < -0.3 is 10.8 Å². The maximum atomic E-state index is 13.8. The second-order valence-corrected chi connectivity index (χ2v) is 4.62. The van der Waals surface area contributed by atoms with Crippen molar-refractivity contribution in [2.45, 2.75) is 24.7 Å². The lowest BCUT2D eigenvalue weighted by Gasteiger charge is -2.41. The van der Waals surface area contributed by atoms with Gasteiger partial charge in [-0.15, -0.1) is 0 Å². The Balaban J connectivity index is 2.63. The van der Waals surface area contributed by atoms with Crippen LogP contribution in [0.5, 0.6) is 5.75 Å². The molecular weight excluding hydrogens is 236 g/mol. The fourth-order valence-electron chi connectivity index (χ4n) is 2.23. The molecule has 1 aliphatic carbocycles. The first-order valence-electron chi connectivity index (χ1n) is 5.09. The molecule has 0 aliphatic heterocycles. The third-order valence-corrected chi connectivity index (χ3v) is 3.65. The van der Waals surface area contributed by atoms with Gasteiger partial charge in [0.2, 0.25) is 0 Å². The molecule has 3 N–H and O–H groups in total. The summed E-state index contributed by atoms with van der Waals surface area (Å²) in [6.07, 6.45) is 2.19. The van der Waals surface area contributed by atoms with E-state index in [1.165, 1.54) is 0 Å². The number of rotatable bonds is 2. The van der Waals surface area contributed by atoms with Gasteiger partial charge in [-0.2, -0.15) is 0 Å². The number of halogens is 3. The van der Waals surface area contributed by atoms with Crippen molar-refractivity contribution in [1.82, 2.24) is 0 Å². The topological polar surface area (TPSA) is 46.2 Å². The van der Waals surface area contributed by atoms with Crippen LogP contribution in [-0.2, 0) is 5.41 Å². The predicted molar refractivity (Wildman–Crippen MR) is 57.6 cm³/mol. The smallest absolute Gasteiger partial charge is 0.166 e. The van der Waals surface area contributed by atoms with Gasteiger partial charge in [0.15, 0.2) is 11.6 Å². The molecule has 88 valence electrons. The number of phenolic OH excluding ortho intramolecular Hbond substituents is 1. The number of benzene rings is 1. The summed E-state index contributed by atoms with van der Waals surface area (Å²) in [5.74, 6) is -2.32. The van der Waals surface area contributed by atoms with Crippen molar-refractivity contribution in [3.8, 4) is 5.75 Å². The minimum atomic E-state index is -0.902. The summed E-state index contributed by atoms with van der Waals surface area (Å²) in [5.41, 5.74) is 4.88. The van der Waals surface area contributed by atoms with Gasteiger partial charge in [0, 0.05) is 17.5 Å². The van der Waals surface area contributed by atoms with Crippen molar-refractivity contribution in [3.05, 3.63) is 28.3 Å². The van der Waals surface area contributed by atoms with E-state index in [2.05, 4.69) is 0 Å². The standard InChI is InChI=1S/C11H12ClF2NO/c12-6-4-7(13)10(16)8(9(6)14)11(5-15)2-1-3-11/h4,16H,1-3,5,15H2. The maximum Gasteiger partial charge on any atom is 0.166 e. The van der Waals surface area contributed by atoms with Crippen LogP contribution in [0.4, 0.5) is 8.78 Å². The van der Waals surface area contributed by atoms with Crippen LogP contribution < -0.4 is 5.73 Å². The first kappa shape index (κ1) is 11.6. The van der Waals surface area contributed by atoms with E-state index in [0.29, 0.717) is 12.8 Å². The molecule has 16 heavy (non-hydrogen) atoms. The average molecular weight is 248 g/mol. The molecule has 1 aliphatic rings. The number of phenols is 1. The molecule has 0 bridgehead atoms. The van der Waals surface area contributed by atoms with Gasteiger partial charge in [-0.3, -0.25) is 0 Å². The van der Waals surface area contributed by atoms with E-state index >= 15 is 0 Å². The van der Waals surface area contributed by atoms with Crippen LogP contribution in [0.2, 0.25) is 5.02 Å². The maximum absolute atomic E-state index is 13.8. The van der Waals surface area contributed by atoms with E-state index in [0.717, 1.165) is 12.5 Å². The normalized spacial score (nSPS) is 18.2. The molecule has 0 saturated heterocycles. The van der Waals surface area contributed by atoms with Crippen LogP contribution in [0.25, 0.3) is 0 Å². The highest BCUT2D eigenvalue weighted by Gasteiger charge is 2.42. The highest BCUT2D eigenvalue weighted by atomic mass is 35.5. The Morgan fingerprint density at radius 1 is 1.44 bits per heavy atom. The molecule has 0 atom stereocenters. The first-order chi connectivity index (χ1) is 7.52. The Bertz CT molecular complexity index is 401. The second kappa shape index (κ2) is 3.86. The molecule has 2 rings (SSSR count). The van der Waals surface area contributed by atoms with E-state index < -0.39 is 22.8 Å². The Hall–Kier alpha value is -0.870. The van der Waals surface area contributed by atoms with Crippen molar-refractivity contribution in [1.29, 1.82) is 0 Å². The monoisotopic (exact) mass is 247 g/mol. The highest BCUT2D eigenvalue weighted by molar-refractivity contribution is 6.30. The molecule has 1 aromatic carbocycles. The zero-order chi connectivity index (χ0) is 11.9. The molecule has 0 unspecified atom stereocenters. The van der Waals surface area contributed by atoms with Crippen LogP contribution in [0.15, 0.2) is 6.07 Å². The Morgan fingerprint density at radius 3 is 2.50 bits per heavy atom. The largest absolute Gasteiger partial charge is 0.505 e. The summed E-state index contributed by atoms with van der Waals surface area (Å²) in [5, 5.41) is 9.29. The fourth-order valence-corrected chi connectivity index (χ4v) is 2.42. The van der Waals surface area contributed by atoms with E-state index in [1.807, 2.05) is 0 Å². The average Bonchev–Trinajstić information content (AvgIpc) is 2.19. The third kappa shape index (κ3) is 1.48.